The third kappa shape index (κ3) is 5.69. The summed E-state index contributed by atoms with van der Waals surface area (Å²) in [6.07, 6.45) is 0. The van der Waals surface area contributed by atoms with Crippen molar-refractivity contribution in [3.8, 4) is 20.9 Å². The molecule has 0 bridgehead atoms. The summed E-state index contributed by atoms with van der Waals surface area (Å²) in [6.45, 7) is 0. The average Bonchev–Trinajstić information content (AvgIpc) is 3.83. The molecule has 0 fully saturated rings. The molecular formula is C46H42F6N4S2. The second kappa shape index (κ2) is 13.7. The Balaban J connectivity index is 1.55. The minimum Gasteiger partial charge on any atom is -0.378 e. The molecule has 0 aliphatic heterocycles. The largest absolute Gasteiger partial charge is 0.380 e. The number of alkyl halides is 6. The fourth-order valence-electron chi connectivity index (χ4n) is 8.09. The van der Waals surface area contributed by atoms with E-state index in [2.05, 4.69) is 0 Å². The predicted molar refractivity (Wildman–Crippen MR) is 230 cm³/mol. The van der Waals surface area contributed by atoms with Crippen LogP contribution in [0.25, 0.3) is 32.0 Å². The number of hydrogen-bond donors (Lipinski definition) is 0. The molecule has 0 saturated heterocycles. The smallest absolute Gasteiger partial charge is 0.378 e. The van der Waals surface area contributed by atoms with Gasteiger partial charge in [0.1, 0.15) is 0 Å². The van der Waals surface area contributed by atoms with Gasteiger partial charge >= 0.3 is 17.8 Å². The fourth-order valence-corrected chi connectivity index (χ4v) is 11.0. The monoisotopic (exact) mass is 828 g/mol. The van der Waals surface area contributed by atoms with Gasteiger partial charge in [-0.3, -0.25) is 0 Å². The van der Waals surface area contributed by atoms with Crippen LogP contribution in [0.5, 0.6) is 0 Å². The fraction of sp³-hybridized carbons (Fsp3) is 0.261. The first-order valence-electron chi connectivity index (χ1n) is 18.6. The van der Waals surface area contributed by atoms with E-state index in [4.69, 9.17) is 0 Å². The van der Waals surface area contributed by atoms with E-state index in [9.17, 15) is 0 Å². The van der Waals surface area contributed by atoms with E-state index in [0.717, 1.165) is 22.7 Å². The lowest BCUT2D eigenvalue weighted by molar-refractivity contribution is -0.254. The summed E-state index contributed by atoms with van der Waals surface area (Å²) in [5, 5.41) is 0. The second-order valence-electron chi connectivity index (χ2n) is 15.7. The van der Waals surface area contributed by atoms with Crippen molar-refractivity contribution in [1.82, 2.24) is 0 Å². The van der Waals surface area contributed by atoms with Gasteiger partial charge in [-0.15, -0.1) is 22.7 Å². The molecule has 0 atom stereocenters. The van der Waals surface area contributed by atoms with Gasteiger partial charge in [0.05, 0.1) is 5.41 Å². The van der Waals surface area contributed by atoms with Gasteiger partial charge in [-0.25, -0.2) is 0 Å². The Morgan fingerprint density at radius 2 is 0.672 bits per heavy atom. The first-order chi connectivity index (χ1) is 27.3. The summed E-state index contributed by atoms with van der Waals surface area (Å²) in [5.41, 5.74) is 1.18. The van der Waals surface area contributed by atoms with E-state index in [1.807, 2.05) is 173 Å². The van der Waals surface area contributed by atoms with Crippen LogP contribution in [0.4, 0.5) is 49.1 Å². The van der Waals surface area contributed by atoms with Crippen LogP contribution in [0.15, 0.2) is 109 Å². The summed E-state index contributed by atoms with van der Waals surface area (Å²) >= 11 is 2.33. The van der Waals surface area contributed by atoms with Crippen molar-refractivity contribution in [3.63, 3.8) is 0 Å². The molecule has 2 aliphatic carbocycles. The van der Waals surface area contributed by atoms with Crippen molar-refractivity contribution in [1.29, 1.82) is 0 Å². The van der Waals surface area contributed by atoms with Gasteiger partial charge in [-0.1, -0.05) is 48.5 Å². The summed E-state index contributed by atoms with van der Waals surface area (Å²) in [7, 11) is 15.1. The summed E-state index contributed by atoms with van der Waals surface area (Å²) in [5.74, 6) is -16.1. The lowest BCUT2D eigenvalue weighted by atomic mass is 9.70. The molecule has 6 aromatic rings. The Morgan fingerprint density at radius 1 is 0.397 bits per heavy atom. The Hall–Kier alpha value is -5.20. The van der Waals surface area contributed by atoms with E-state index in [1.165, 1.54) is 34.8 Å². The standard InChI is InChI=1S/C46H42F6N4S2/c1-53(2)31-17-9-27(10-18-31)37-25-35-39-40(45(49,50)46(51,52)44(39,47)48)36-26-38(28-11-19-32(20-12-28)54(3)4)58-42(36)43(41(35)57-37,29-13-21-33(22-14-29)55(5)6)30-15-23-34(24-16-30)56(7)8/h9-26H,1-8H3. The molecular weight excluding hydrogens is 787 g/mol. The molecule has 4 aromatic carbocycles. The van der Waals surface area contributed by atoms with E-state index >= 15 is 26.3 Å². The van der Waals surface area contributed by atoms with E-state index in [-0.39, 0.29) is 20.9 Å². The van der Waals surface area contributed by atoms with E-state index in [0.29, 0.717) is 32.0 Å². The number of fused-ring (bicyclic) bond motifs is 4. The highest BCUT2D eigenvalue weighted by Crippen LogP contribution is 2.70. The Bertz CT molecular complexity index is 2360. The van der Waals surface area contributed by atoms with Crippen molar-refractivity contribution in [2.45, 2.75) is 23.2 Å². The first-order valence-corrected chi connectivity index (χ1v) is 20.2. The SMILES string of the molecule is CN(C)c1ccc(-c2cc3c(s2)C(c2ccc(N(C)C)cc2)(c2ccc(N(C)C)cc2)c2sc(-c4ccc(N(C)C)cc4)cc2C2=C3C(F)(F)C(F)(F)C2(F)F)cc1. The van der Waals surface area contributed by atoms with Crippen LogP contribution in [-0.2, 0) is 5.41 Å². The number of benzene rings is 4. The van der Waals surface area contributed by atoms with Crippen molar-refractivity contribution < 1.29 is 26.3 Å². The van der Waals surface area contributed by atoms with Gasteiger partial charge in [0, 0.05) is 121 Å². The second-order valence-corrected chi connectivity index (χ2v) is 17.8. The normalized spacial score (nSPS) is 16.9. The minimum absolute atomic E-state index is 0.255. The van der Waals surface area contributed by atoms with Gasteiger partial charge in [0.25, 0.3) is 0 Å². The van der Waals surface area contributed by atoms with Gasteiger partial charge in [0.15, 0.2) is 0 Å². The van der Waals surface area contributed by atoms with Crippen molar-refractivity contribution in [2.24, 2.45) is 0 Å². The van der Waals surface area contributed by atoms with Crippen molar-refractivity contribution >= 4 is 56.6 Å². The molecule has 0 saturated carbocycles. The zero-order chi connectivity index (χ0) is 41.7. The first kappa shape index (κ1) is 39.6. The van der Waals surface area contributed by atoms with Gasteiger partial charge in [-0.2, -0.15) is 26.3 Å². The number of rotatable bonds is 8. The molecule has 0 amide bonds. The van der Waals surface area contributed by atoms with Crippen LogP contribution >= 0.6 is 22.7 Å². The van der Waals surface area contributed by atoms with Gasteiger partial charge < -0.3 is 19.6 Å². The number of allylic oxidation sites excluding steroid dienone is 2. The highest BCUT2D eigenvalue weighted by Gasteiger charge is 2.81. The van der Waals surface area contributed by atoms with Crippen molar-refractivity contribution in [2.75, 3.05) is 76.0 Å². The molecule has 300 valence electrons. The molecule has 2 heterocycles. The lowest BCUT2D eigenvalue weighted by Crippen LogP contribution is -2.49. The minimum atomic E-state index is -5.70. The maximum Gasteiger partial charge on any atom is 0.380 e. The molecule has 0 N–H and O–H groups in total. The van der Waals surface area contributed by atoms with E-state index < -0.39 is 34.3 Å². The Kier molecular flexibility index (Phi) is 9.35. The van der Waals surface area contributed by atoms with Crippen LogP contribution in [-0.4, -0.2) is 74.1 Å². The van der Waals surface area contributed by atoms with Gasteiger partial charge in [-0.05, 0) is 82.9 Å². The van der Waals surface area contributed by atoms with Crippen LogP contribution < -0.4 is 19.6 Å². The summed E-state index contributed by atoms with van der Waals surface area (Å²) < 4.78 is 98.9. The third-order valence-corrected chi connectivity index (χ3v) is 13.9. The summed E-state index contributed by atoms with van der Waals surface area (Å²) in [6, 6.07) is 32.8. The molecule has 8 rings (SSSR count). The Morgan fingerprint density at radius 3 is 0.948 bits per heavy atom. The zero-order valence-corrected chi connectivity index (χ0v) is 34.9. The average molecular weight is 829 g/mol. The highest BCUT2D eigenvalue weighted by atomic mass is 32.1. The van der Waals surface area contributed by atoms with Crippen LogP contribution in [0, 0.1) is 0 Å². The molecule has 58 heavy (non-hydrogen) atoms. The van der Waals surface area contributed by atoms with Crippen molar-refractivity contribution in [3.05, 3.63) is 141 Å². The maximum absolute atomic E-state index is 16.7. The molecule has 12 heteroatoms. The van der Waals surface area contributed by atoms with Crippen LogP contribution in [0.2, 0.25) is 0 Å². The molecule has 2 aromatic heterocycles. The molecule has 0 radical (unpaired) electrons. The third-order valence-electron chi connectivity index (χ3n) is 11.3. The number of thiophene rings is 2. The van der Waals surface area contributed by atoms with E-state index in [1.54, 1.807) is 0 Å². The number of halogens is 6. The van der Waals surface area contributed by atoms with Crippen LogP contribution in [0.1, 0.15) is 32.0 Å². The molecule has 4 nitrogen and oxygen atoms in total. The lowest BCUT2D eigenvalue weighted by Gasteiger charge is -2.37. The van der Waals surface area contributed by atoms with Gasteiger partial charge in [0.2, 0.25) is 0 Å². The number of nitrogens with zero attached hydrogens (tertiary/aromatic N) is 4. The summed E-state index contributed by atoms with van der Waals surface area (Å²) in [4.78, 5) is 9.15. The predicted octanol–water partition coefficient (Wildman–Crippen LogP) is 11.9. The molecule has 0 spiro atoms. The highest BCUT2D eigenvalue weighted by molar-refractivity contribution is 7.18. The number of anilines is 4. The molecule has 2 aliphatic rings. The van der Waals surface area contributed by atoms with Crippen LogP contribution in [0.3, 0.4) is 0 Å². The number of hydrogen-bond acceptors (Lipinski definition) is 6. The molecule has 0 unspecified atom stereocenters. The topological polar surface area (TPSA) is 13.0 Å². The quantitative estimate of drug-likeness (QED) is 0.142. The zero-order valence-electron chi connectivity index (χ0n) is 33.3. The Labute approximate surface area is 342 Å². The maximum atomic E-state index is 16.7.